The molecule has 0 amide bonds. The summed E-state index contributed by atoms with van der Waals surface area (Å²) in [5.74, 6) is -0.151. The minimum absolute atomic E-state index is 0.151. The molecule has 0 saturated heterocycles. The lowest BCUT2D eigenvalue weighted by atomic mass is 9.99. The summed E-state index contributed by atoms with van der Waals surface area (Å²) in [6.07, 6.45) is 0.961. The minimum Gasteiger partial charge on any atom is -0.465 e. The molecule has 0 N–H and O–H groups in total. The van der Waals surface area contributed by atoms with E-state index < -0.39 is 0 Å². The van der Waals surface area contributed by atoms with E-state index in [1.807, 2.05) is 18.9 Å². The average Bonchev–Trinajstić information content (AvgIpc) is 2.32. The summed E-state index contributed by atoms with van der Waals surface area (Å²) in [6.45, 7) is 9.92. The van der Waals surface area contributed by atoms with Crippen molar-refractivity contribution >= 4 is 5.97 Å². The Morgan fingerprint density at radius 2 is 1.79 bits per heavy atom. The van der Waals surface area contributed by atoms with Crippen molar-refractivity contribution in [1.82, 2.24) is 4.90 Å². The highest BCUT2D eigenvalue weighted by Gasteiger charge is 2.08. The maximum absolute atomic E-state index is 11.4. The molecule has 3 nitrogen and oxygen atoms in total. The molecule has 0 aromatic heterocycles. The Hall–Kier alpha value is -1.35. The third kappa shape index (κ3) is 5.03. The van der Waals surface area contributed by atoms with Crippen LogP contribution in [-0.2, 0) is 16.0 Å². The first-order valence-corrected chi connectivity index (χ1v) is 6.85. The molecule has 0 heterocycles. The predicted molar refractivity (Wildman–Crippen MR) is 78.5 cm³/mol. The van der Waals surface area contributed by atoms with Gasteiger partial charge in [-0.25, -0.2) is 0 Å². The molecule has 0 radical (unpaired) electrons. The smallest absolute Gasteiger partial charge is 0.320 e. The third-order valence-corrected chi connectivity index (χ3v) is 3.42. The zero-order chi connectivity index (χ0) is 14.4. The van der Waals surface area contributed by atoms with E-state index in [2.05, 4.69) is 32.9 Å². The third-order valence-electron chi connectivity index (χ3n) is 3.42. The molecular formula is C16H25NO2. The second-order valence-corrected chi connectivity index (χ2v) is 5.16. The summed E-state index contributed by atoms with van der Waals surface area (Å²) >= 11 is 0. The minimum atomic E-state index is -0.151. The topological polar surface area (TPSA) is 29.5 Å². The van der Waals surface area contributed by atoms with Crippen LogP contribution in [0.2, 0.25) is 0 Å². The summed E-state index contributed by atoms with van der Waals surface area (Å²) < 4.78 is 4.94. The lowest BCUT2D eigenvalue weighted by Gasteiger charge is -2.17. The molecule has 1 aromatic rings. The first-order chi connectivity index (χ1) is 8.93. The number of rotatable bonds is 6. The van der Waals surface area contributed by atoms with Gasteiger partial charge in [0.2, 0.25) is 0 Å². The van der Waals surface area contributed by atoms with Crippen LogP contribution in [-0.4, -0.2) is 37.6 Å². The number of hydrogen-bond donors (Lipinski definition) is 0. The van der Waals surface area contributed by atoms with E-state index in [-0.39, 0.29) is 5.97 Å². The van der Waals surface area contributed by atoms with E-state index in [1.54, 1.807) is 0 Å². The fourth-order valence-electron chi connectivity index (χ4n) is 2.11. The molecule has 0 saturated carbocycles. The van der Waals surface area contributed by atoms with Crippen LogP contribution in [0.5, 0.6) is 0 Å². The van der Waals surface area contributed by atoms with Crippen molar-refractivity contribution in [2.24, 2.45) is 0 Å². The van der Waals surface area contributed by atoms with E-state index in [9.17, 15) is 4.79 Å². The number of likely N-dealkylation sites (N-methyl/N-ethyl adjacent to an activating group) is 1. The monoisotopic (exact) mass is 263 g/mol. The zero-order valence-corrected chi connectivity index (χ0v) is 12.7. The molecular weight excluding hydrogens is 238 g/mol. The Balaban J connectivity index is 2.52. The summed E-state index contributed by atoms with van der Waals surface area (Å²) in [4.78, 5) is 13.4. The number of carbonyl (C=O) groups is 1. The van der Waals surface area contributed by atoms with Crippen LogP contribution in [0.15, 0.2) is 12.1 Å². The van der Waals surface area contributed by atoms with Gasteiger partial charge in [0.15, 0.2) is 0 Å². The van der Waals surface area contributed by atoms with Gasteiger partial charge in [-0.3, -0.25) is 9.69 Å². The van der Waals surface area contributed by atoms with Crippen molar-refractivity contribution in [3.8, 4) is 0 Å². The predicted octanol–water partition coefficient (Wildman–Crippen LogP) is 2.65. The van der Waals surface area contributed by atoms with Crippen LogP contribution in [0.1, 0.15) is 29.2 Å². The van der Waals surface area contributed by atoms with Crippen LogP contribution in [0, 0.1) is 20.8 Å². The molecule has 3 heteroatoms. The lowest BCUT2D eigenvalue weighted by molar-refractivity contribution is -0.144. The van der Waals surface area contributed by atoms with E-state index in [1.165, 1.54) is 22.3 Å². The molecule has 19 heavy (non-hydrogen) atoms. The number of ether oxygens (including phenoxy) is 1. The normalized spacial score (nSPS) is 10.8. The first kappa shape index (κ1) is 15.7. The fraction of sp³-hybridized carbons (Fsp3) is 0.562. The standard InChI is InChI=1S/C16H25NO2/c1-6-19-16(18)11-17(5)8-7-15-10-13(3)12(2)9-14(15)4/h9-10H,6-8,11H2,1-5H3. The van der Waals surface area contributed by atoms with E-state index >= 15 is 0 Å². The SMILES string of the molecule is CCOC(=O)CN(C)CCc1cc(C)c(C)cc1C. The second-order valence-electron chi connectivity index (χ2n) is 5.16. The molecule has 0 aliphatic heterocycles. The maximum atomic E-state index is 11.4. The van der Waals surface area contributed by atoms with Gasteiger partial charge in [0, 0.05) is 6.54 Å². The molecule has 106 valence electrons. The summed E-state index contributed by atoms with van der Waals surface area (Å²) in [7, 11) is 1.95. The van der Waals surface area contributed by atoms with Crippen molar-refractivity contribution in [3.63, 3.8) is 0 Å². The zero-order valence-electron chi connectivity index (χ0n) is 12.7. The van der Waals surface area contributed by atoms with Crippen molar-refractivity contribution in [2.75, 3.05) is 26.7 Å². The van der Waals surface area contributed by atoms with Gasteiger partial charge in [-0.2, -0.15) is 0 Å². The van der Waals surface area contributed by atoms with Crippen molar-refractivity contribution in [2.45, 2.75) is 34.1 Å². The van der Waals surface area contributed by atoms with Crippen LogP contribution in [0.25, 0.3) is 0 Å². The Labute approximate surface area is 116 Å². The number of aryl methyl sites for hydroxylation is 3. The number of carbonyl (C=O) groups excluding carboxylic acids is 1. The Kier molecular flexibility index (Phi) is 6.03. The number of nitrogens with zero attached hydrogens (tertiary/aromatic N) is 1. The highest BCUT2D eigenvalue weighted by atomic mass is 16.5. The van der Waals surface area contributed by atoms with Crippen molar-refractivity contribution in [1.29, 1.82) is 0 Å². The maximum Gasteiger partial charge on any atom is 0.320 e. The summed E-state index contributed by atoms with van der Waals surface area (Å²) in [6, 6.07) is 4.49. The van der Waals surface area contributed by atoms with Crippen LogP contribution < -0.4 is 0 Å². The van der Waals surface area contributed by atoms with Crippen LogP contribution in [0.3, 0.4) is 0 Å². The average molecular weight is 263 g/mol. The number of esters is 1. The van der Waals surface area contributed by atoms with Crippen LogP contribution >= 0.6 is 0 Å². The molecule has 1 rings (SSSR count). The van der Waals surface area contributed by atoms with Crippen molar-refractivity contribution in [3.05, 3.63) is 34.4 Å². The Morgan fingerprint density at radius 1 is 1.16 bits per heavy atom. The second kappa shape index (κ2) is 7.29. The molecule has 0 atom stereocenters. The Bertz CT molecular complexity index is 441. The molecule has 0 aliphatic carbocycles. The first-order valence-electron chi connectivity index (χ1n) is 6.85. The highest BCUT2D eigenvalue weighted by Crippen LogP contribution is 2.16. The van der Waals surface area contributed by atoms with Gasteiger partial charge >= 0.3 is 5.97 Å². The molecule has 0 bridgehead atoms. The fourth-order valence-corrected chi connectivity index (χ4v) is 2.11. The molecule has 0 aliphatic rings. The van der Waals surface area contributed by atoms with Gasteiger partial charge in [-0.1, -0.05) is 12.1 Å². The number of benzene rings is 1. The van der Waals surface area contributed by atoms with Gasteiger partial charge in [-0.15, -0.1) is 0 Å². The van der Waals surface area contributed by atoms with Gasteiger partial charge in [0.25, 0.3) is 0 Å². The van der Waals surface area contributed by atoms with Gasteiger partial charge in [0.1, 0.15) is 0 Å². The largest absolute Gasteiger partial charge is 0.465 e. The Morgan fingerprint density at radius 3 is 2.42 bits per heavy atom. The van der Waals surface area contributed by atoms with Crippen LogP contribution in [0.4, 0.5) is 0 Å². The van der Waals surface area contributed by atoms with Gasteiger partial charge in [0.05, 0.1) is 13.2 Å². The van der Waals surface area contributed by atoms with Gasteiger partial charge in [-0.05, 0) is 63.4 Å². The molecule has 0 spiro atoms. The summed E-state index contributed by atoms with van der Waals surface area (Å²) in [5.41, 5.74) is 5.35. The summed E-state index contributed by atoms with van der Waals surface area (Å²) in [5, 5.41) is 0. The molecule has 1 aromatic carbocycles. The van der Waals surface area contributed by atoms with Crippen molar-refractivity contribution < 1.29 is 9.53 Å². The lowest BCUT2D eigenvalue weighted by Crippen LogP contribution is -2.29. The quantitative estimate of drug-likeness (QED) is 0.739. The highest BCUT2D eigenvalue weighted by molar-refractivity contribution is 5.71. The van der Waals surface area contributed by atoms with E-state index in [0.29, 0.717) is 13.2 Å². The molecule has 0 fully saturated rings. The van der Waals surface area contributed by atoms with E-state index in [0.717, 1.165) is 13.0 Å². The number of hydrogen-bond acceptors (Lipinski definition) is 3. The van der Waals surface area contributed by atoms with E-state index in [4.69, 9.17) is 4.74 Å². The van der Waals surface area contributed by atoms with Gasteiger partial charge < -0.3 is 4.74 Å². The molecule has 0 unspecified atom stereocenters.